The van der Waals surface area contributed by atoms with Crippen molar-refractivity contribution in [2.24, 2.45) is 5.92 Å². The highest BCUT2D eigenvalue weighted by atomic mass is 32.2. The van der Waals surface area contributed by atoms with Crippen LogP contribution >= 0.6 is 11.8 Å². The van der Waals surface area contributed by atoms with E-state index < -0.39 is 10.0 Å². The highest BCUT2D eigenvalue weighted by Crippen LogP contribution is 2.27. The number of thioether (sulfide) groups is 1. The number of piperidine rings is 1. The summed E-state index contributed by atoms with van der Waals surface area (Å²) in [5.41, 5.74) is 0. The summed E-state index contributed by atoms with van der Waals surface area (Å²) in [5.74, 6) is 3.34. The lowest BCUT2D eigenvalue weighted by atomic mass is 9.96. The molecule has 0 bridgehead atoms. The maximum Gasteiger partial charge on any atom is 0.244 e. The van der Waals surface area contributed by atoms with E-state index in [9.17, 15) is 8.42 Å². The Labute approximate surface area is 149 Å². The zero-order valence-corrected chi connectivity index (χ0v) is 15.7. The minimum atomic E-state index is -3.52. The highest BCUT2D eigenvalue weighted by Gasteiger charge is 2.28. The first-order valence-electron chi connectivity index (χ1n) is 8.54. The molecular formula is C17H26N2O3S2. The zero-order valence-electron chi connectivity index (χ0n) is 14.1. The highest BCUT2D eigenvalue weighted by molar-refractivity contribution is 7.99. The SMILES string of the molecule is COc1ccccc1S(=O)(=O)NCC1CCN(C2CCSC2)CC1. The van der Waals surface area contributed by atoms with E-state index in [2.05, 4.69) is 9.62 Å². The van der Waals surface area contributed by atoms with Crippen LogP contribution in [0, 0.1) is 5.92 Å². The number of hydrogen-bond donors (Lipinski definition) is 1. The van der Waals surface area contributed by atoms with Gasteiger partial charge in [0.05, 0.1) is 7.11 Å². The van der Waals surface area contributed by atoms with Crippen molar-refractivity contribution in [3.05, 3.63) is 24.3 Å². The molecule has 1 atom stereocenters. The minimum Gasteiger partial charge on any atom is -0.495 e. The Balaban J connectivity index is 1.52. The molecule has 1 aromatic rings. The quantitative estimate of drug-likeness (QED) is 0.832. The van der Waals surface area contributed by atoms with Gasteiger partial charge in [0.2, 0.25) is 10.0 Å². The molecule has 0 saturated carbocycles. The number of nitrogens with one attached hydrogen (secondary N) is 1. The minimum absolute atomic E-state index is 0.216. The monoisotopic (exact) mass is 370 g/mol. The van der Waals surface area contributed by atoms with E-state index in [0.29, 0.717) is 18.2 Å². The molecule has 1 unspecified atom stereocenters. The average molecular weight is 371 g/mol. The van der Waals surface area contributed by atoms with E-state index in [0.717, 1.165) is 32.0 Å². The molecule has 2 heterocycles. The molecule has 3 rings (SSSR count). The summed E-state index contributed by atoms with van der Waals surface area (Å²) < 4.78 is 33.0. The molecule has 24 heavy (non-hydrogen) atoms. The Bertz CT molecular complexity index is 637. The number of likely N-dealkylation sites (tertiary alicyclic amines) is 1. The first kappa shape index (κ1) is 18.0. The fraction of sp³-hybridized carbons (Fsp3) is 0.647. The number of hydrogen-bond acceptors (Lipinski definition) is 5. The Kier molecular flexibility index (Phi) is 6.07. The van der Waals surface area contributed by atoms with Crippen molar-refractivity contribution in [2.45, 2.75) is 30.2 Å². The van der Waals surface area contributed by atoms with Crippen molar-refractivity contribution in [2.75, 3.05) is 38.2 Å². The van der Waals surface area contributed by atoms with Crippen LogP contribution < -0.4 is 9.46 Å². The Morgan fingerprint density at radius 2 is 2.00 bits per heavy atom. The van der Waals surface area contributed by atoms with E-state index >= 15 is 0 Å². The molecule has 0 amide bonds. The molecule has 7 heteroatoms. The largest absolute Gasteiger partial charge is 0.495 e. The second-order valence-corrected chi connectivity index (χ2v) is 9.38. The Morgan fingerprint density at radius 3 is 2.67 bits per heavy atom. The summed E-state index contributed by atoms with van der Waals surface area (Å²) in [5, 5.41) is 0. The topological polar surface area (TPSA) is 58.6 Å². The number of benzene rings is 1. The second-order valence-electron chi connectivity index (χ2n) is 6.50. The Morgan fingerprint density at radius 1 is 1.25 bits per heavy atom. The van der Waals surface area contributed by atoms with E-state index in [1.165, 1.54) is 25.0 Å². The van der Waals surface area contributed by atoms with E-state index in [-0.39, 0.29) is 4.90 Å². The van der Waals surface area contributed by atoms with Gasteiger partial charge in [0.1, 0.15) is 10.6 Å². The first-order valence-corrected chi connectivity index (χ1v) is 11.2. The third-order valence-electron chi connectivity index (χ3n) is 4.99. The lowest BCUT2D eigenvalue weighted by Gasteiger charge is -2.35. The van der Waals surface area contributed by atoms with Gasteiger partial charge in [-0.15, -0.1) is 0 Å². The zero-order chi connectivity index (χ0) is 17.0. The van der Waals surface area contributed by atoms with Crippen molar-refractivity contribution in [1.29, 1.82) is 0 Å². The third-order valence-corrected chi connectivity index (χ3v) is 7.60. The molecule has 0 aliphatic carbocycles. The van der Waals surface area contributed by atoms with Crippen LogP contribution in [0.5, 0.6) is 5.75 Å². The van der Waals surface area contributed by atoms with Gasteiger partial charge in [-0.25, -0.2) is 13.1 Å². The van der Waals surface area contributed by atoms with E-state index in [1.807, 2.05) is 11.8 Å². The smallest absolute Gasteiger partial charge is 0.244 e. The fourth-order valence-corrected chi connectivity index (χ4v) is 6.02. The van der Waals surface area contributed by atoms with Crippen LogP contribution in [0.2, 0.25) is 0 Å². The van der Waals surface area contributed by atoms with Gasteiger partial charge in [0.25, 0.3) is 0 Å². The van der Waals surface area contributed by atoms with Gasteiger partial charge < -0.3 is 4.74 Å². The number of nitrogens with zero attached hydrogens (tertiary/aromatic N) is 1. The predicted molar refractivity (Wildman–Crippen MR) is 98.2 cm³/mol. The summed E-state index contributed by atoms with van der Waals surface area (Å²) in [6.45, 7) is 2.69. The summed E-state index contributed by atoms with van der Waals surface area (Å²) in [6, 6.07) is 7.49. The Hall–Kier alpha value is -0.760. The lowest BCUT2D eigenvalue weighted by Crippen LogP contribution is -2.43. The molecule has 2 fully saturated rings. The predicted octanol–water partition coefficient (Wildman–Crippen LogP) is 2.19. The molecule has 134 valence electrons. The van der Waals surface area contributed by atoms with E-state index in [1.54, 1.807) is 24.3 Å². The van der Waals surface area contributed by atoms with Crippen molar-refractivity contribution in [1.82, 2.24) is 9.62 Å². The third kappa shape index (κ3) is 4.25. The van der Waals surface area contributed by atoms with Gasteiger partial charge in [-0.2, -0.15) is 11.8 Å². The molecular weight excluding hydrogens is 344 g/mol. The molecule has 1 N–H and O–H groups in total. The van der Waals surface area contributed by atoms with Crippen LogP contribution in [-0.2, 0) is 10.0 Å². The van der Waals surface area contributed by atoms with Gasteiger partial charge in [-0.1, -0.05) is 12.1 Å². The molecule has 5 nitrogen and oxygen atoms in total. The van der Waals surface area contributed by atoms with Gasteiger partial charge in [-0.3, -0.25) is 4.90 Å². The van der Waals surface area contributed by atoms with Gasteiger partial charge in [-0.05, 0) is 56.2 Å². The molecule has 2 saturated heterocycles. The maximum absolute atomic E-state index is 12.5. The van der Waals surface area contributed by atoms with Crippen LogP contribution in [-0.4, -0.2) is 57.6 Å². The van der Waals surface area contributed by atoms with Gasteiger partial charge >= 0.3 is 0 Å². The summed E-state index contributed by atoms with van der Waals surface area (Å²) in [4.78, 5) is 2.80. The number of ether oxygens (including phenoxy) is 1. The first-order chi connectivity index (χ1) is 11.6. The number of rotatable bonds is 6. The summed E-state index contributed by atoms with van der Waals surface area (Å²) in [7, 11) is -2.03. The van der Waals surface area contributed by atoms with Gasteiger partial charge in [0, 0.05) is 18.3 Å². The molecule has 0 spiro atoms. The molecule has 1 aromatic carbocycles. The van der Waals surface area contributed by atoms with Crippen molar-refractivity contribution in [3.63, 3.8) is 0 Å². The van der Waals surface area contributed by atoms with Crippen LogP contribution in [0.15, 0.2) is 29.2 Å². The summed E-state index contributed by atoms with van der Waals surface area (Å²) >= 11 is 2.05. The molecule has 2 aliphatic rings. The summed E-state index contributed by atoms with van der Waals surface area (Å²) in [6.07, 6.45) is 3.43. The van der Waals surface area contributed by atoms with Gasteiger partial charge in [0.15, 0.2) is 0 Å². The number of methoxy groups -OCH3 is 1. The van der Waals surface area contributed by atoms with Crippen LogP contribution in [0.25, 0.3) is 0 Å². The molecule has 2 aliphatic heterocycles. The number of sulfonamides is 1. The lowest BCUT2D eigenvalue weighted by molar-refractivity contribution is 0.145. The normalized spacial score (nSPS) is 23.5. The maximum atomic E-state index is 12.5. The molecule has 0 aromatic heterocycles. The van der Waals surface area contributed by atoms with E-state index in [4.69, 9.17) is 4.74 Å². The van der Waals surface area contributed by atoms with Crippen molar-refractivity contribution >= 4 is 21.8 Å². The van der Waals surface area contributed by atoms with Crippen molar-refractivity contribution in [3.8, 4) is 5.75 Å². The van der Waals surface area contributed by atoms with Crippen molar-refractivity contribution < 1.29 is 13.2 Å². The molecule has 0 radical (unpaired) electrons. The van der Waals surface area contributed by atoms with Crippen LogP contribution in [0.1, 0.15) is 19.3 Å². The standard InChI is InChI=1S/C17H26N2O3S2/c1-22-16-4-2-3-5-17(16)24(20,21)18-12-14-6-9-19(10-7-14)15-8-11-23-13-15/h2-5,14-15,18H,6-13H2,1H3. The second kappa shape index (κ2) is 8.08. The fourth-order valence-electron chi connectivity index (χ4n) is 3.48. The average Bonchev–Trinajstić information content (AvgIpc) is 3.15. The van der Waals surface area contributed by atoms with Crippen LogP contribution in [0.3, 0.4) is 0 Å². The van der Waals surface area contributed by atoms with Crippen LogP contribution in [0.4, 0.5) is 0 Å². The number of para-hydroxylation sites is 1.